The van der Waals surface area contributed by atoms with Crippen molar-refractivity contribution in [2.75, 3.05) is 0 Å². The second-order valence-electron chi connectivity index (χ2n) is 4.66. The van der Waals surface area contributed by atoms with Gasteiger partial charge in [0.1, 0.15) is 10.6 Å². The van der Waals surface area contributed by atoms with Crippen molar-refractivity contribution < 1.29 is 22.1 Å². The minimum atomic E-state index is -4.41. The number of para-hydroxylation sites is 1. The lowest BCUT2D eigenvalue weighted by Gasteiger charge is -2.05. The van der Waals surface area contributed by atoms with E-state index in [1.165, 1.54) is 50.1 Å². The minimum Gasteiger partial charge on any atom is -0.464 e. The van der Waals surface area contributed by atoms with Crippen molar-refractivity contribution in [3.63, 3.8) is 0 Å². The van der Waals surface area contributed by atoms with Crippen molar-refractivity contribution in [2.24, 2.45) is 0 Å². The van der Waals surface area contributed by atoms with Gasteiger partial charge in [-0.05, 0) is 35.6 Å². The average molecular weight is 316 g/mol. The zero-order valence-electron chi connectivity index (χ0n) is 12.1. The van der Waals surface area contributed by atoms with Crippen LogP contribution in [0, 0.1) is 0 Å². The zero-order chi connectivity index (χ0) is 15.6. The van der Waals surface area contributed by atoms with E-state index in [1.54, 1.807) is 6.07 Å². The fourth-order valence-electron chi connectivity index (χ4n) is 1.84. The molecule has 0 spiro atoms. The highest BCUT2D eigenvalue weighted by Gasteiger charge is 2.20. The number of allylic oxidation sites excluding steroid dienone is 1. The summed E-state index contributed by atoms with van der Waals surface area (Å²) in [5, 5.41) is 0. The topological polar surface area (TPSA) is 52.6 Å². The molecule has 0 saturated heterocycles. The van der Waals surface area contributed by atoms with Gasteiger partial charge in [-0.25, -0.2) is 0 Å². The standard InChI is InChI=1S/C15H21FO4S/c1-2-3-4-5-6-7-10-13-19-14-11-8-9-12-15(14)21(17,18)20-16/h8-13H,2-7H2,1H3. The molecule has 0 amide bonds. The number of hydrogen-bond acceptors (Lipinski definition) is 4. The largest absolute Gasteiger partial charge is 0.464 e. The van der Waals surface area contributed by atoms with Crippen molar-refractivity contribution in [3.05, 3.63) is 36.6 Å². The highest BCUT2D eigenvalue weighted by molar-refractivity contribution is 7.86. The van der Waals surface area contributed by atoms with Crippen LogP contribution in [-0.4, -0.2) is 8.42 Å². The molecule has 0 N–H and O–H groups in total. The molecule has 21 heavy (non-hydrogen) atoms. The predicted molar refractivity (Wildman–Crippen MR) is 79.0 cm³/mol. The molecular weight excluding hydrogens is 295 g/mol. The molecule has 0 aliphatic carbocycles. The Kier molecular flexibility index (Phi) is 8.00. The van der Waals surface area contributed by atoms with E-state index >= 15 is 0 Å². The van der Waals surface area contributed by atoms with E-state index in [2.05, 4.69) is 11.3 Å². The van der Waals surface area contributed by atoms with E-state index < -0.39 is 10.1 Å². The Balaban J connectivity index is 2.49. The molecule has 0 saturated carbocycles. The van der Waals surface area contributed by atoms with Crippen LogP contribution in [0.3, 0.4) is 0 Å². The van der Waals surface area contributed by atoms with Crippen LogP contribution in [0.25, 0.3) is 0 Å². The number of halogens is 1. The maximum atomic E-state index is 12.1. The number of unbranched alkanes of at least 4 members (excludes halogenated alkanes) is 5. The van der Waals surface area contributed by atoms with Gasteiger partial charge in [-0.1, -0.05) is 49.1 Å². The molecule has 0 aliphatic heterocycles. The quantitative estimate of drug-likeness (QED) is 0.470. The SMILES string of the molecule is CCCCCCCC=COc1ccccc1S(=O)(=O)OF. The van der Waals surface area contributed by atoms with Crippen LogP contribution in [0.4, 0.5) is 4.53 Å². The van der Waals surface area contributed by atoms with E-state index in [4.69, 9.17) is 4.74 Å². The number of ether oxygens (including phenoxy) is 1. The Morgan fingerprint density at radius 1 is 1.14 bits per heavy atom. The van der Waals surface area contributed by atoms with E-state index in [0.29, 0.717) is 0 Å². The Morgan fingerprint density at radius 2 is 1.86 bits per heavy atom. The summed E-state index contributed by atoms with van der Waals surface area (Å²) in [5.41, 5.74) is 0. The summed E-state index contributed by atoms with van der Waals surface area (Å²) in [5.74, 6) is 0.0392. The second-order valence-corrected chi connectivity index (χ2v) is 6.13. The third-order valence-corrected chi connectivity index (χ3v) is 4.01. The first-order valence-electron chi connectivity index (χ1n) is 7.07. The van der Waals surface area contributed by atoms with Crippen molar-refractivity contribution in [1.29, 1.82) is 0 Å². The van der Waals surface area contributed by atoms with Crippen LogP contribution in [0.1, 0.15) is 45.4 Å². The first kappa shape index (κ1) is 17.7. The Morgan fingerprint density at radius 3 is 2.57 bits per heavy atom. The summed E-state index contributed by atoms with van der Waals surface area (Å²) < 4.78 is 43.0. The van der Waals surface area contributed by atoms with Gasteiger partial charge in [-0.3, -0.25) is 0 Å². The molecule has 0 aliphatic rings. The summed E-state index contributed by atoms with van der Waals surface area (Å²) in [6.45, 7) is 2.17. The monoisotopic (exact) mass is 316 g/mol. The Labute approximate surface area is 125 Å². The van der Waals surface area contributed by atoms with Gasteiger partial charge in [0.05, 0.1) is 6.26 Å². The third-order valence-electron chi connectivity index (χ3n) is 2.97. The van der Waals surface area contributed by atoms with Gasteiger partial charge in [0.2, 0.25) is 0 Å². The van der Waals surface area contributed by atoms with Gasteiger partial charge in [0, 0.05) is 0 Å². The van der Waals surface area contributed by atoms with Crippen LogP contribution >= 0.6 is 0 Å². The van der Waals surface area contributed by atoms with Crippen LogP contribution in [0.5, 0.6) is 5.75 Å². The highest BCUT2D eigenvalue weighted by Crippen LogP contribution is 2.25. The van der Waals surface area contributed by atoms with E-state index in [0.717, 1.165) is 12.8 Å². The fraction of sp³-hybridized carbons (Fsp3) is 0.467. The van der Waals surface area contributed by atoms with Crippen molar-refractivity contribution in [1.82, 2.24) is 0 Å². The highest BCUT2D eigenvalue weighted by atomic mass is 32.2. The molecule has 0 radical (unpaired) electrons. The first-order chi connectivity index (χ1) is 10.1. The molecule has 4 nitrogen and oxygen atoms in total. The van der Waals surface area contributed by atoms with Gasteiger partial charge in [-0.2, -0.15) is 8.42 Å². The molecule has 1 aromatic carbocycles. The summed E-state index contributed by atoms with van der Waals surface area (Å²) in [6.07, 6.45) is 10.0. The van der Waals surface area contributed by atoms with E-state index in [-0.39, 0.29) is 10.6 Å². The molecule has 6 heteroatoms. The molecule has 0 aromatic heterocycles. The lowest BCUT2D eigenvalue weighted by Crippen LogP contribution is -2.02. The normalized spacial score (nSPS) is 11.9. The van der Waals surface area contributed by atoms with Gasteiger partial charge in [-0.15, -0.1) is 0 Å². The van der Waals surface area contributed by atoms with Crippen LogP contribution in [0.2, 0.25) is 0 Å². The molecule has 0 heterocycles. The second kappa shape index (κ2) is 9.52. The van der Waals surface area contributed by atoms with E-state index in [9.17, 15) is 12.9 Å². The summed E-state index contributed by atoms with van der Waals surface area (Å²) in [6, 6.07) is 5.74. The van der Waals surface area contributed by atoms with Gasteiger partial charge in [0.25, 0.3) is 0 Å². The Bertz CT molecular complexity index is 540. The van der Waals surface area contributed by atoms with Gasteiger partial charge in [0.15, 0.2) is 0 Å². The molecule has 1 aromatic rings. The maximum Gasteiger partial charge on any atom is 0.330 e. The average Bonchev–Trinajstić information content (AvgIpc) is 2.50. The first-order valence-corrected chi connectivity index (χ1v) is 8.48. The number of benzene rings is 1. The summed E-state index contributed by atoms with van der Waals surface area (Å²) in [7, 11) is -4.41. The predicted octanol–water partition coefficient (Wildman–Crippen LogP) is 4.53. The van der Waals surface area contributed by atoms with Crippen LogP contribution < -0.4 is 4.74 Å². The Hall–Kier alpha value is -1.40. The number of hydrogen-bond donors (Lipinski definition) is 0. The maximum absolute atomic E-state index is 12.1. The molecule has 0 fully saturated rings. The number of rotatable bonds is 10. The molecule has 1 rings (SSSR count). The van der Waals surface area contributed by atoms with Gasteiger partial charge >= 0.3 is 10.1 Å². The molecule has 0 unspecified atom stereocenters. The molecule has 118 valence electrons. The lowest BCUT2D eigenvalue weighted by atomic mass is 10.1. The van der Waals surface area contributed by atoms with E-state index in [1.807, 2.05) is 6.08 Å². The minimum absolute atomic E-state index is 0.0392. The van der Waals surface area contributed by atoms with Crippen LogP contribution in [0.15, 0.2) is 41.5 Å². The molecule has 0 atom stereocenters. The van der Waals surface area contributed by atoms with Crippen molar-refractivity contribution in [3.8, 4) is 5.75 Å². The van der Waals surface area contributed by atoms with Gasteiger partial charge < -0.3 is 4.74 Å². The third kappa shape index (κ3) is 6.27. The van der Waals surface area contributed by atoms with Crippen molar-refractivity contribution in [2.45, 2.75) is 50.3 Å². The lowest BCUT2D eigenvalue weighted by molar-refractivity contribution is 0.00268. The van der Waals surface area contributed by atoms with Crippen molar-refractivity contribution >= 4 is 10.1 Å². The zero-order valence-corrected chi connectivity index (χ0v) is 12.9. The molecular formula is C15H21FO4S. The smallest absolute Gasteiger partial charge is 0.330 e. The summed E-state index contributed by atoms with van der Waals surface area (Å²) in [4.78, 5) is -0.333. The fourth-order valence-corrected chi connectivity index (χ4v) is 2.52. The summed E-state index contributed by atoms with van der Waals surface area (Å²) >= 11 is 0. The molecule has 0 bridgehead atoms. The van der Waals surface area contributed by atoms with Crippen LogP contribution in [-0.2, 0) is 14.5 Å².